The van der Waals surface area contributed by atoms with E-state index in [9.17, 15) is 0 Å². The van der Waals surface area contributed by atoms with Crippen LogP contribution in [-0.4, -0.2) is 30.1 Å². The molecular formula is C12H23N3. The van der Waals surface area contributed by atoms with Crippen molar-refractivity contribution in [2.45, 2.75) is 45.6 Å². The molecule has 0 amide bonds. The smallest absolute Gasteiger partial charge is 0.101 e. The zero-order chi connectivity index (χ0) is 11.5. The molecule has 1 saturated heterocycles. The van der Waals surface area contributed by atoms with Gasteiger partial charge < -0.3 is 10.6 Å². The van der Waals surface area contributed by atoms with Gasteiger partial charge in [-0.2, -0.15) is 5.26 Å². The van der Waals surface area contributed by atoms with Gasteiger partial charge in [0.15, 0.2) is 0 Å². The van der Waals surface area contributed by atoms with E-state index in [0.29, 0.717) is 5.41 Å². The van der Waals surface area contributed by atoms with Crippen molar-refractivity contribution in [3.05, 3.63) is 0 Å². The highest BCUT2D eigenvalue weighted by molar-refractivity contribution is 5.00. The Balaban J connectivity index is 2.20. The maximum Gasteiger partial charge on any atom is 0.101 e. The standard InChI is InChI=1S/C12H23N3/c1-11(2)6-8-15(10-11)7-4-5-12(3,14)9-13/h4-8,10,14H2,1-3H3. The predicted octanol–water partition coefficient (Wildman–Crippen LogP) is 1.74. The van der Waals surface area contributed by atoms with Crippen molar-refractivity contribution < 1.29 is 0 Å². The molecule has 1 unspecified atom stereocenters. The van der Waals surface area contributed by atoms with Crippen molar-refractivity contribution in [1.29, 1.82) is 5.26 Å². The minimum absolute atomic E-state index is 0.473. The number of hydrogen-bond acceptors (Lipinski definition) is 3. The van der Waals surface area contributed by atoms with Gasteiger partial charge >= 0.3 is 0 Å². The second-order valence-corrected chi connectivity index (χ2v) is 5.82. The lowest BCUT2D eigenvalue weighted by atomic mass is 9.93. The molecule has 15 heavy (non-hydrogen) atoms. The molecule has 86 valence electrons. The summed E-state index contributed by atoms with van der Waals surface area (Å²) in [5.74, 6) is 0. The molecule has 0 aromatic carbocycles. The molecule has 1 fully saturated rings. The Labute approximate surface area is 93.2 Å². The molecule has 3 nitrogen and oxygen atoms in total. The van der Waals surface area contributed by atoms with Crippen LogP contribution in [0, 0.1) is 16.7 Å². The van der Waals surface area contributed by atoms with Gasteiger partial charge in [-0.05, 0) is 44.7 Å². The molecule has 1 aliphatic rings. The third kappa shape index (κ3) is 4.19. The fourth-order valence-electron chi connectivity index (χ4n) is 2.14. The summed E-state index contributed by atoms with van der Waals surface area (Å²) in [6, 6.07) is 2.14. The van der Waals surface area contributed by atoms with E-state index in [0.717, 1.165) is 19.4 Å². The van der Waals surface area contributed by atoms with Crippen molar-refractivity contribution in [3.8, 4) is 6.07 Å². The summed E-state index contributed by atoms with van der Waals surface area (Å²) in [7, 11) is 0. The largest absolute Gasteiger partial charge is 0.314 e. The van der Waals surface area contributed by atoms with Gasteiger partial charge in [0.25, 0.3) is 0 Å². The van der Waals surface area contributed by atoms with Crippen molar-refractivity contribution >= 4 is 0 Å². The topological polar surface area (TPSA) is 53.1 Å². The Morgan fingerprint density at radius 2 is 2.20 bits per heavy atom. The number of likely N-dealkylation sites (tertiary alicyclic amines) is 1. The van der Waals surface area contributed by atoms with E-state index in [1.54, 1.807) is 6.92 Å². The molecule has 0 spiro atoms. The zero-order valence-electron chi connectivity index (χ0n) is 10.2. The normalized spacial score (nSPS) is 24.7. The average molecular weight is 209 g/mol. The van der Waals surface area contributed by atoms with Gasteiger partial charge in [-0.1, -0.05) is 13.8 Å². The lowest BCUT2D eigenvalue weighted by Crippen LogP contribution is -2.35. The van der Waals surface area contributed by atoms with Crippen LogP contribution in [0.2, 0.25) is 0 Å². The van der Waals surface area contributed by atoms with Gasteiger partial charge in [0.1, 0.15) is 5.54 Å². The van der Waals surface area contributed by atoms with Gasteiger partial charge in [0.2, 0.25) is 0 Å². The molecule has 2 N–H and O–H groups in total. The fraction of sp³-hybridized carbons (Fsp3) is 0.917. The Kier molecular flexibility index (Phi) is 3.75. The molecule has 1 aliphatic heterocycles. The quantitative estimate of drug-likeness (QED) is 0.767. The summed E-state index contributed by atoms with van der Waals surface area (Å²) in [6.45, 7) is 9.89. The molecule has 0 aromatic rings. The SMILES string of the molecule is CC(N)(C#N)CCCN1CCC(C)(C)C1. The molecule has 0 aliphatic carbocycles. The van der Waals surface area contributed by atoms with Crippen molar-refractivity contribution in [2.75, 3.05) is 19.6 Å². The molecular weight excluding hydrogens is 186 g/mol. The summed E-state index contributed by atoms with van der Waals surface area (Å²) in [4.78, 5) is 2.48. The Morgan fingerprint density at radius 1 is 1.53 bits per heavy atom. The molecule has 0 radical (unpaired) electrons. The lowest BCUT2D eigenvalue weighted by molar-refractivity contribution is 0.280. The van der Waals surface area contributed by atoms with Crippen LogP contribution in [0.25, 0.3) is 0 Å². The minimum atomic E-state index is -0.644. The third-order valence-electron chi connectivity index (χ3n) is 3.18. The summed E-state index contributed by atoms with van der Waals surface area (Å²) in [5.41, 5.74) is 5.60. The van der Waals surface area contributed by atoms with Gasteiger partial charge in [-0.25, -0.2) is 0 Å². The molecule has 0 aromatic heterocycles. The zero-order valence-corrected chi connectivity index (χ0v) is 10.2. The van der Waals surface area contributed by atoms with Crippen LogP contribution in [0.4, 0.5) is 0 Å². The Morgan fingerprint density at radius 3 is 2.67 bits per heavy atom. The number of hydrogen-bond donors (Lipinski definition) is 1. The van der Waals surface area contributed by atoms with E-state index in [-0.39, 0.29) is 0 Å². The minimum Gasteiger partial charge on any atom is -0.314 e. The van der Waals surface area contributed by atoms with Crippen LogP contribution in [0.3, 0.4) is 0 Å². The van der Waals surface area contributed by atoms with Crippen LogP contribution in [-0.2, 0) is 0 Å². The number of rotatable bonds is 4. The second-order valence-electron chi connectivity index (χ2n) is 5.82. The van der Waals surface area contributed by atoms with Crippen LogP contribution in [0.15, 0.2) is 0 Å². The van der Waals surface area contributed by atoms with Crippen molar-refractivity contribution in [2.24, 2.45) is 11.1 Å². The monoisotopic (exact) mass is 209 g/mol. The fourth-order valence-corrected chi connectivity index (χ4v) is 2.14. The van der Waals surface area contributed by atoms with E-state index in [2.05, 4.69) is 24.8 Å². The predicted molar refractivity (Wildman–Crippen MR) is 62.3 cm³/mol. The van der Waals surface area contributed by atoms with Crippen LogP contribution in [0.5, 0.6) is 0 Å². The first-order valence-electron chi connectivity index (χ1n) is 5.77. The maximum atomic E-state index is 8.78. The molecule has 0 bridgehead atoms. The third-order valence-corrected chi connectivity index (χ3v) is 3.18. The van der Waals surface area contributed by atoms with Gasteiger partial charge in [0.05, 0.1) is 6.07 Å². The van der Waals surface area contributed by atoms with E-state index in [1.807, 2.05) is 0 Å². The highest BCUT2D eigenvalue weighted by Gasteiger charge is 2.28. The van der Waals surface area contributed by atoms with Gasteiger partial charge in [0, 0.05) is 6.54 Å². The summed E-state index contributed by atoms with van der Waals surface area (Å²) in [6.07, 6.45) is 3.10. The summed E-state index contributed by atoms with van der Waals surface area (Å²) < 4.78 is 0. The highest BCUT2D eigenvalue weighted by atomic mass is 15.1. The van der Waals surface area contributed by atoms with Gasteiger partial charge in [-0.15, -0.1) is 0 Å². The number of nitriles is 1. The Bertz CT molecular complexity index is 250. The average Bonchev–Trinajstić information content (AvgIpc) is 2.45. The first-order chi connectivity index (χ1) is 6.85. The molecule has 1 heterocycles. The first kappa shape index (κ1) is 12.5. The Hall–Kier alpha value is -0.590. The van der Waals surface area contributed by atoms with E-state index in [4.69, 9.17) is 11.0 Å². The van der Waals surface area contributed by atoms with Crippen molar-refractivity contribution in [1.82, 2.24) is 4.90 Å². The van der Waals surface area contributed by atoms with Crippen LogP contribution < -0.4 is 5.73 Å². The van der Waals surface area contributed by atoms with E-state index >= 15 is 0 Å². The molecule has 3 heteroatoms. The van der Waals surface area contributed by atoms with Crippen molar-refractivity contribution in [3.63, 3.8) is 0 Å². The molecule has 1 atom stereocenters. The maximum absolute atomic E-state index is 8.78. The summed E-state index contributed by atoms with van der Waals surface area (Å²) >= 11 is 0. The van der Waals surface area contributed by atoms with Crippen LogP contribution >= 0.6 is 0 Å². The van der Waals surface area contributed by atoms with Crippen LogP contribution in [0.1, 0.15) is 40.0 Å². The molecule has 0 saturated carbocycles. The lowest BCUT2D eigenvalue weighted by Gasteiger charge is -2.21. The first-order valence-corrected chi connectivity index (χ1v) is 5.77. The molecule has 1 rings (SSSR count). The van der Waals surface area contributed by atoms with Gasteiger partial charge in [-0.3, -0.25) is 0 Å². The highest BCUT2D eigenvalue weighted by Crippen LogP contribution is 2.28. The van der Waals surface area contributed by atoms with E-state index < -0.39 is 5.54 Å². The number of nitrogens with zero attached hydrogens (tertiary/aromatic N) is 2. The number of nitrogens with two attached hydrogens (primary N) is 1. The van der Waals surface area contributed by atoms with E-state index in [1.165, 1.54) is 19.5 Å². The summed E-state index contributed by atoms with van der Waals surface area (Å²) in [5, 5.41) is 8.78. The second kappa shape index (κ2) is 4.51.